The summed E-state index contributed by atoms with van der Waals surface area (Å²) in [5.41, 5.74) is 1.55. The van der Waals surface area contributed by atoms with Gasteiger partial charge < -0.3 is 14.7 Å². The van der Waals surface area contributed by atoms with Gasteiger partial charge >= 0.3 is 5.97 Å². The minimum Gasteiger partial charge on any atom is -0.495 e. The van der Waals surface area contributed by atoms with Crippen molar-refractivity contribution in [3.63, 3.8) is 0 Å². The number of benzene rings is 1. The number of hydrogen-bond acceptors (Lipinski definition) is 3. The lowest BCUT2D eigenvalue weighted by molar-refractivity contribution is -0.146. The van der Waals surface area contributed by atoms with Gasteiger partial charge in [-0.3, -0.25) is 9.59 Å². The van der Waals surface area contributed by atoms with Gasteiger partial charge in [0, 0.05) is 7.05 Å². The molecule has 0 radical (unpaired) electrons. The van der Waals surface area contributed by atoms with Crippen LogP contribution < -0.4 is 9.64 Å². The molecule has 5 nitrogen and oxygen atoms in total. The number of anilines is 1. The second-order valence-corrected chi connectivity index (χ2v) is 4.37. The Kier molecular flexibility index (Phi) is 4.92. The maximum absolute atomic E-state index is 12.2. The normalized spacial score (nSPS) is 11.8. The summed E-state index contributed by atoms with van der Waals surface area (Å²) in [5.74, 6) is -2.04. The molecule has 1 N–H and O–H groups in total. The van der Waals surface area contributed by atoms with Crippen LogP contribution in [-0.4, -0.2) is 31.1 Å². The Hall–Kier alpha value is -2.04. The minimum atomic E-state index is -1.11. The number of carboxylic acids is 1. The van der Waals surface area contributed by atoms with Crippen molar-refractivity contribution in [2.24, 2.45) is 5.92 Å². The Morgan fingerprint density at radius 1 is 1.42 bits per heavy atom. The first-order valence-electron chi connectivity index (χ1n) is 6.07. The predicted octanol–water partition coefficient (Wildman–Crippen LogP) is 2.08. The third-order valence-corrected chi connectivity index (χ3v) is 3.03. The first kappa shape index (κ1) is 15.0. The highest BCUT2D eigenvalue weighted by Crippen LogP contribution is 2.29. The fraction of sp³-hybridized carbons (Fsp3) is 0.429. The van der Waals surface area contributed by atoms with E-state index in [4.69, 9.17) is 9.84 Å². The standard InChI is InChI=1S/C14H19NO4/c1-5-10(14(17)18)13(16)15(3)11-8-9(2)6-7-12(11)19-4/h6-8,10H,5H2,1-4H3,(H,17,18). The Bertz CT molecular complexity index is 484. The third-order valence-electron chi connectivity index (χ3n) is 3.03. The molecule has 0 aliphatic carbocycles. The number of carbonyl (C=O) groups is 2. The second kappa shape index (κ2) is 6.22. The number of aryl methyl sites for hydroxylation is 1. The maximum Gasteiger partial charge on any atom is 0.316 e. The van der Waals surface area contributed by atoms with Crippen molar-refractivity contribution in [2.45, 2.75) is 20.3 Å². The molecule has 0 saturated carbocycles. The average molecular weight is 265 g/mol. The Labute approximate surface area is 112 Å². The van der Waals surface area contributed by atoms with E-state index in [-0.39, 0.29) is 6.42 Å². The summed E-state index contributed by atoms with van der Waals surface area (Å²) in [7, 11) is 3.08. The molecular weight excluding hydrogens is 246 g/mol. The van der Waals surface area contributed by atoms with E-state index in [2.05, 4.69) is 0 Å². The minimum absolute atomic E-state index is 0.257. The van der Waals surface area contributed by atoms with Crippen LogP contribution in [0, 0.1) is 12.8 Å². The Morgan fingerprint density at radius 2 is 2.05 bits per heavy atom. The van der Waals surface area contributed by atoms with Gasteiger partial charge in [0.05, 0.1) is 12.8 Å². The van der Waals surface area contributed by atoms with Crippen LogP contribution in [0.3, 0.4) is 0 Å². The lowest BCUT2D eigenvalue weighted by atomic mass is 10.0. The van der Waals surface area contributed by atoms with Crippen LogP contribution in [-0.2, 0) is 9.59 Å². The molecule has 1 rings (SSSR count). The molecule has 104 valence electrons. The number of methoxy groups -OCH3 is 1. The van der Waals surface area contributed by atoms with Crippen LogP contribution in [0.15, 0.2) is 18.2 Å². The van der Waals surface area contributed by atoms with Crippen molar-refractivity contribution in [3.05, 3.63) is 23.8 Å². The third kappa shape index (κ3) is 3.24. The summed E-state index contributed by atoms with van der Waals surface area (Å²) >= 11 is 0. The maximum atomic E-state index is 12.2. The zero-order chi connectivity index (χ0) is 14.6. The van der Waals surface area contributed by atoms with E-state index in [0.717, 1.165) is 5.56 Å². The summed E-state index contributed by atoms with van der Waals surface area (Å²) < 4.78 is 5.20. The molecule has 0 aromatic heterocycles. The van der Waals surface area contributed by atoms with Crippen LogP contribution in [0.5, 0.6) is 5.75 Å². The van der Waals surface area contributed by atoms with E-state index in [1.807, 2.05) is 13.0 Å². The summed E-state index contributed by atoms with van der Waals surface area (Å²) in [5, 5.41) is 9.04. The van der Waals surface area contributed by atoms with Gasteiger partial charge in [0.25, 0.3) is 0 Å². The van der Waals surface area contributed by atoms with Gasteiger partial charge in [-0.05, 0) is 31.0 Å². The molecule has 1 aromatic carbocycles. The molecule has 0 fully saturated rings. The molecule has 0 saturated heterocycles. The quantitative estimate of drug-likeness (QED) is 0.828. The smallest absolute Gasteiger partial charge is 0.316 e. The molecule has 1 atom stereocenters. The van der Waals surface area contributed by atoms with Crippen molar-refractivity contribution >= 4 is 17.6 Å². The molecular formula is C14H19NO4. The van der Waals surface area contributed by atoms with Gasteiger partial charge in [-0.2, -0.15) is 0 Å². The van der Waals surface area contributed by atoms with E-state index in [9.17, 15) is 9.59 Å². The van der Waals surface area contributed by atoms with E-state index >= 15 is 0 Å². The molecule has 1 unspecified atom stereocenters. The van der Waals surface area contributed by atoms with E-state index in [1.165, 1.54) is 12.0 Å². The molecule has 0 bridgehead atoms. The molecule has 0 heterocycles. The van der Waals surface area contributed by atoms with Gasteiger partial charge in [0.1, 0.15) is 11.7 Å². The molecule has 0 aliphatic rings. The summed E-state index contributed by atoms with van der Waals surface area (Å²) in [4.78, 5) is 24.6. The SMILES string of the molecule is CCC(C(=O)O)C(=O)N(C)c1cc(C)ccc1OC. The Morgan fingerprint density at radius 3 is 2.53 bits per heavy atom. The van der Waals surface area contributed by atoms with E-state index in [0.29, 0.717) is 11.4 Å². The monoisotopic (exact) mass is 265 g/mol. The van der Waals surface area contributed by atoms with Gasteiger partial charge in [-0.25, -0.2) is 0 Å². The van der Waals surface area contributed by atoms with Crippen LogP contribution in [0.1, 0.15) is 18.9 Å². The van der Waals surface area contributed by atoms with E-state index < -0.39 is 17.8 Å². The summed E-state index contributed by atoms with van der Waals surface area (Å²) in [6.07, 6.45) is 0.257. The van der Waals surface area contributed by atoms with Crippen LogP contribution >= 0.6 is 0 Å². The molecule has 0 spiro atoms. The first-order chi connectivity index (χ1) is 8.92. The van der Waals surface area contributed by atoms with Gasteiger partial charge in [-0.15, -0.1) is 0 Å². The number of amides is 1. The molecule has 1 aromatic rings. The highest BCUT2D eigenvalue weighted by Gasteiger charge is 2.28. The first-order valence-corrected chi connectivity index (χ1v) is 6.07. The lowest BCUT2D eigenvalue weighted by Crippen LogP contribution is -2.36. The highest BCUT2D eigenvalue weighted by atomic mass is 16.5. The number of carbonyl (C=O) groups excluding carboxylic acids is 1. The van der Waals surface area contributed by atoms with E-state index in [1.54, 1.807) is 26.1 Å². The van der Waals surface area contributed by atoms with Crippen molar-refractivity contribution in [2.75, 3.05) is 19.1 Å². The number of hydrogen-bond donors (Lipinski definition) is 1. The number of ether oxygens (including phenoxy) is 1. The predicted molar refractivity (Wildman–Crippen MR) is 72.6 cm³/mol. The van der Waals surface area contributed by atoms with Crippen molar-refractivity contribution in [1.29, 1.82) is 0 Å². The van der Waals surface area contributed by atoms with Crippen molar-refractivity contribution in [3.8, 4) is 5.75 Å². The Balaban J connectivity index is 3.12. The average Bonchev–Trinajstić information content (AvgIpc) is 2.38. The fourth-order valence-corrected chi connectivity index (χ4v) is 1.87. The largest absolute Gasteiger partial charge is 0.495 e. The van der Waals surface area contributed by atoms with Gasteiger partial charge in [-0.1, -0.05) is 13.0 Å². The molecule has 5 heteroatoms. The molecule has 0 aliphatic heterocycles. The van der Waals surface area contributed by atoms with Crippen LogP contribution in [0.25, 0.3) is 0 Å². The molecule has 19 heavy (non-hydrogen) atoms. The van der Waals surface area contributed by atoms with Gasteiger partial charge in [0.15, 0.2) is 0 Å². The van der Waals surface area contributed by atoms with Gasteiger partial charge in [0.2, 0.25) is 5.91 Å². The van der Waals surface area contributed by atoms with Crippen LogP contribution in [0.4, 0.5) is 5.69 Å². The number of rotatable bonds is 5. The summed E-state index contributed by atoms with van der Waals surface area (Å²) in [6.45, 7) is 3.58. The topological polar surface area (TPSA) is 66.8 Å². The number of aliphatic carboxylic acids is 1. The second-order valence-electron chi connectivity index (χ2n) is 4.37. The van der Waals surface area contributed by atoms with Crippen molar-refractivity contribution < 1.29 is 19.4 Å². The zero-order valence-corrected chi connectivity index (χ0v) is 11.6. The number of carboxylic acid groups (broad SMARTS) is 1. The summed E-state index contributed by atoms with van der Waals surface area (Å²) in [6, 6.07) is 5.43. The lowest BCUT2D eigenvalue weighted by Gasteiger charge is -2.23. The highest BCUT2D eigenvalue weighted by molar-refractivity contribution is 6.06. The fourth-order valence-electron chi connectivity index (χ4n) is 1.87. The number of nitrogens with zero attached hydrogens (tertiary/aromatic N) is 1. The van der Waals surface area contributed by atoms with Crippen molar-refractivity contribution in [1.82, 2.24) is 0 Å². The molecule has 1 amide bonds. The van der Waals surface area contributed by atoms with Crippen LogP contribution in [0.2, 0.25) is 0 Å². The zero-order valence-electron chi connectivity index (χ0n) is 11.6.